The zero-order valence-corrected chi connectivity index (χ0v) is 12.1. The molecule has 0 radical (unpaired) electrons. The van der Waals surface area contributed by atoms with E-state index in [1.54, 1.807) is 0 Å². The van der Waals surface area contributed by atoms with Crippen molar-refractivity contribution >= 4 is 13.1 Å². The Kier molecular flexibility index (Phi) is 6.99. The van der Waals surface area contributed by atoms with Crippen molar-refractivity contribution in [3.8, 4) is 0 Å². The Balaban J connectivity index is 0.00000225. The first-order valence-electron chi connectivity index (χ1n) is 4.28. The van der Waals surface area contributed by atoms with Crippen molar-refractivity contribution in [2.24, 2.45) is 0 Å². The van der Waals surface area contributed by atoms with Crippen LogP contribution in [0.2, 0.25) is 0 Å². The van der Waals surface area contributed by atoms with Gasteiger partial charge in [-0.1, -0.05) is 6.08 Å². The molecule has 0 amide bonds. The Bertz CT molecular complexity index is 353. The molecule has 0 aliphatic heterocycles. The van der Waals surface area contributed by atoms with Crippen LogP contribution < -0.4 is 51.4 Å². The van der Waals surface area contributed by atoms with Crippen LogP contribution in [0.4, 0.5) is 12.9 Å². The molecule has 0 fully saturated rings. The predicted octanol–water partition coefficient (Wildman–Crippen LogP) is -1.07. The second-order valence-electron chi connectivity index (χ2n) is 3.04. The molecule has 8 heteroatoms. The van der Waals surface area contributed by atoms with Crippen molar-refractivity contribution in [1.29, 1.82) is 0 Å². The first-order chi connectivity index (χ1) is 6.88. The van der Waals surface area contributed by atoms with Crippen LogP contribution in [0.15, 0.2) is 18.4 Å². The van der Waals surface area contributed by atoms with Crippen molar-refractivity contribution in [1.82, 2.24) is 9.97 Å². The van der Waals surface area contributed by atoms with Gasteiger partial charge in [-0.15, -0.1) is 5.98 Å². The van der Waals surface area contributed by atoms with E-state index in [-0.39, 0.29) is 68.7 Å². The Morgan fingerprint density at radius 1 is 1.31 bits per heavy atom. The molecule has 0 bridgehead atoms. The van der Waals surface area contributed by atoms with Gasteiger partial charge in [0, 0.05) is 18.0 Å². The minimum absolute atomic E-state index is 0. The SMILES string of the molecule is CC(O)c1ncc(/C=C/[B-](F)(F)F)cn1.[K+]. The number of hydrogen-bond donors (Lipinski definition) is 1. The summed E-state index contributed by atoms with van der Waals surface area (Å²) >= 11 is 0. The van der Waals surface area contributed by atoms with Crippen LogP contribution in [0.1, 0.15) is 24.4 Å². The molecule has 1 rings (SSSR count). The van der Waals surface area contributed by atoms with Gasteiger partial charge < -0.3 is 18.1 Å². The van der Waals surface area contributed by atoms with Crippen molar-refractivity contribution < 1.29 is 69.4 Å². The van der Waals surface area contributed by atoms with E-state index in [1.807, 2.05) is 0 Å². The fourth-order valence-corrected chi connectivity index (χ4v) is 0.870. The molecule has 16 heavy (non-hydrogen) atoms. The third kappa shape index (κ3) is 6.12. The third-order valence-electron chi connectivity index (χ3n) is 1.57. The number of nitrogens with zero attached hydrogens (tertiary/aromatic N) is 2. The second kappa shape index (κ2) is 6.87. The largest absolute Gasteiger partial charge is 1.00 e. The van der Waals surface area contributed by atoms with E-state index in [9.17, 15) is 12.9 Å². The fourth-order valence-electron chi connectivity index (χ4n) is 0.870. The molecular weight excluding hydrogens is 247 g/mol. The van der Waals surface area contributed by atoms with Gasteiger partial charge in [0.2, 0.25) is 0 Å². The summed E-state index contributed by atoms with van der Waals surface area (Å²) in [6.07, 6.45) is 2.53. The minimum atomic E-state index is -4.94. The number of aliphatic hydroxyl groups excluding tert-OH is 1. The zero-order valence-electron chi connectivity index (χ0n) is 8.94. The van der Waals surface area contributed by atoms with E-state index in [0.29, 0.717) is 0 Å². The number of hydrogen-bond acceptors (Lipinski definition) is 3. The molecule has 1 aromatic heterocycles. The molecule has 0 aliphatic carbocycles. The third-order valence-corrected chi connectivity index (χ3v) is 1.57. The van der Waals surface area contributed by atoms with Gasteiger partial charge in [0.1, 0.15) is 6.10 Å². The van der Waals surface area contributed by atoms with Gasteiger partial charge in [-0.05, 0) is 6.92 Å². The topological polar surface area (TPSA) is 46.0 Å². The summed E-state index contributed by atoms with van der Waals surface area (Å²) in [4.78, 5) is 7.41. The van der Waals surface area contributed by atoms with Crippen molar-refractivity contribution in [3.63, 3.8) is 0 Å². The second-order valence-corrected chi connectivity index (χ2v) is 3.04. The van der Waals surface area contributed by atoms with E-state index >= 15 is 0 Å². The average molecular weight is 256 g/mol. The number of aliphatic hydroxyl groups is 1. The molecule has 1 heterocycles. The molecule has 1 atom stereocenters. The molecule has 0 aromatic carbocycles. The van der Waals surface area contributed by atoms with Gasteiger partial charge >= 0.3 is 58.4 Å². The summed E-state index contributed by atoms with van der Waals surface area (Å²) in [5.41, 5.74) is 0.249. The molecule has 1 unspecified atom stereocenters. The van der Waals surface area contributed by atoms with Crippen LogP contribution in [0.5, 0.6) is 0 Å². The number of aromatic nitrogens is 2. The maximum atomic E-state index is 11.8. The van der Waals surface area contributed by atoms with Crippen LogP contribution in [0, 0.1) is 0 Å². The molecule has 82 valence electrons. The van der Waals surface area contributed by atoms with Gasteiger partial charge in [-0.2, -0.15) is 0 Å². The monoisotopic (exact) mass is 256 g/mol. The Hall–Kier alpha value is 0.271. The molecular formula is C8H9BF3KN2O. The summed E-state index contributed by atoms with van der Waals surface area (Å²) < 4.78 is 35.5. The van der Waals surface area contributed by atoms with Crippen molar-refractivity contribution in [2.45, 2.75) is 13.0 Å². The van der Waals surface area contributed by atoms with Gasteiger partial charge in [0.05, 0.1) is 0 Å². The molecule has 1 aromatic rings. The molecule has 1 N–H and O–H groups in total. The number of halogens is 3. The van der Waals surface area contributed by atoms with Gasteiger partial charge in [0.25, 0.3) is 0 Å². The standard InChI is InChI=1S/C8H9BF3N2O.K/c1-6(15)8-13-4-7(5-14-8)2-3-9(10,11)12;/h2-6,15H,1H3;/q-1;+1/b3-2+;. The van der Waals surface area contributed by atoms with E-state index in [1.165, 1.54) is 19.3 Å². The van der Waals surface area contributed by atoms with Gasteiger partial charge in [-0.3, -0.25) is 0 Å². The van der Waals surface area contributed by atoms with Gasteiger partial charge in [0.15, 0.2) is 5.82 Å². The van der Waals surface area contributed by atoms with E-state index < -0.39 is 13.1 Å². The predicted molar refractivity (Wildman–Crippen MR) is 50.8 cm³/mol. The molecule has 0 spiro atoms. The van der Waals surface area contributed by atoms with Gasteiger partial charge in [-0.25, -0.2) is 9.97 Å². The van der Waals surface area contributed by atoms with Crippen LogP contribution >= 0.6 is 0 Å². The van der Waals surface area contributed by atoms with Crippen LogP contribution in [-0.4, -0.2) is 22.1 Å². The quantitative estimate of drug-likeness (QED) is 0.701. The maximum absolute atomic E-state index is 11.8. The molecule has 3 nitrogen and oxygen atoms in total. The summed E-state index contributed by atoms with van der Waals surface area (Å²) in [6.45, 7) is -3.46. The Morgan fingerprint density at radius 2 is 1.81 bits per heavy atom. The molecule has 0 saturated carbocycles. The average Bonchev–Trinajstić information content (AvgIpc) is 2.14. The fraction of sp³-hybridized carbons (Fsp3) is 0.250. The van der Waals surface area contributed by atoms with Crippen molar-refractivity contribution in [3.05, 3.63) is 29.8 Å². The van der Waals surface area contributed by atoms with Crippen LogP contribution in [-0.2, 0) is 0 Å². The molecule has 0 aliphatic rings. The summed E-state index contributed by atoms with van der Waals surface area (Å²) in [6, 6.07) is 0. The minimum Gasteiger partial charge on any atom is -0.445 e. The first kappa shape index (κ1) is 16.3. The maximum Gasteiger partial charge on any atom is 1.00 e. The Labute approximate surface area is 134 Å². The number of rotatable bonds is 3. The summed E-state index contributed by atoms with van der Waals surface area (Å²) in [5.74, 6) is 0.352. The smallest absolute Gasteiger partial charge is 0.445 e. The molecule has 0 saturated heterocycles. The van der Waals surface area contributed by atoms with Crippen LogP contribution in [0.3, 0.4) is 0 Å². The zero-order chi connectivity index (χ0) is 11.5. The van der Waals surface area contributed by atoms with E-state index in [0.717, 1.165) is 6.08 Å². The summed E-state index contributed by atoms with van der Waals surface area (Å²) in [7, 11) is 0. The first-order valence-corrected chi connectivity index (χ1v) is 4.28. The van der Waals surface area contributed by atoms with E-state index in [4.69, 9.17) is 5.11 Å². The normalized spacial score (nSPS) is 13.6. The Morgan fingerprint density at radius 3 is 2.19 bits per heavy atom. The van der Waals surface area contributed by atoms with E-state index in [2.05, 4.69) is 9.97 Å². The van der Waals surface area contributed by atoms with Crippen molar-refractivity contribution in [2.75, 3.05) is 0 Å². The summed E-state index contributed by atoms with van der Waals surface area (Å²) in [5, 5.41) is 9.05. The van der Waals surface area contributed by atoms with Crippen LogP contribution in [0.25, 0.3) is 6.08 Å².